The predicted molar refractivity (Wildman–Crippen MR) is 83.6 cm³/mol. The van der Waals surface area contributed by atoms with Gasteiger partial charge in [-0.2, -0.15) is 0 Å². The Hall–Kier alpha value is -2.24. The SMILES string of the molecule is O=C(COC(=O)C1CCCCC1)Nc1ccc2c(c1)OCCO2. The number of benzene rings is 1. The van der Waals surface area contributed by atoms with Gasteiger partial charge in [-0.3, -0.25) is 9.59 Å². The van der Waals surface area contributed by atoms with Crippen molar-refractivity contribution in [3.8, 4) is 11.5 Å². The van der Waals surface area contributed by atoms with Gasteiger partial charge in [0.05, 0.1) is 5.92 Å². The van der Waals surface area contributed by atoms with E-state index in [0.717, 1.165) is 25.7 Å². The number of amides is 1. The van der Waals surface area contributed by atoms with Gasteiger partial charge in [0.2, 0.25) is 0 Å². The van der Waals surface area contributed by atoms with E-state index in [4.69, 9.17) is 14.2 Å². The molecule has 23 heavy (non-hydrogen) atoms. The molecule has 0 bridgehead atoms. The molecule has 6 heteroatoms. The van der Waals surface area contributed by atoms with E-state index in [1.54, 1.807) is 18.2 Å². The van der Waals surface area contributed by atoms with Gasteiger partial charge in [-0.05, 0) is 25.0 Å². The van der Waals surface area contributed by atoms with Gasteiger partial charge in [0.15, 0.2) is 18.1 Å². The van der Waals surface area contributed by atoms with Crippen molar-refractivity contribution in [2.75, 3.05) is 25.1 Å². The number of carbonyl (C=O) groups excluding carboxylic acids is 2. The summed E-state index contributed by atoms with van der Waals surface area (Å²) in [4.78, 5) is 23.8. The number of ether oxygens (including phenoxy) is 3. The Bertz CT molecular complexity index is 580. The van der Waals surface area contributed by atoms with Crippen molar-refractivity contribution in [1.29, 1.82) is 0 Å². The van der Waals surface area contributed by atoms with Gasteiger partial charge in [-0.15, -0.1) is 0 Å². The summed E-state index contributed by atoms with van der Waals surface area (Å²) in [6, 6.07) is 5.18. The maximum absolute atomic E-state index is 11.9. The van der Waals surface area contributed by atoms with E-state index in [1.807, 2.05) is 0 Å². The standard InChI is InChI=1S/C17H21NO5/c19-16(11-23-17(20)12-4-2-1-3-5-12)18-13-6-7-14-15(10-13)22-9-8-21-14/h6-7,10,12H,1-5,8-9,11H2,(H,18,19). The van der Waals surface area contributed by atoms with Gasteiger partial charge < -0.3 is 19.5 Å². The lowest BCUT2D eigenvalue weighted by Gasteiger charge is -2.20. The van der Waals surface area contributed by atoms with Crippen LogP contribution in [0, 0.1) is 5.92 Å². The maximum atomic E-state index is 11.9. The molecule has 1 aliphatic heterocycles. The molecule has 0 aromatic heterocycles. The Morgan fingerprint density at radius 1 is 1.09 bits per heavy atom. The first-order valence-corrected chi connectivity index (χ1v) is 8.08. The molecule has 1 aromatic rings. The topological polar surface area (TPSA) is 73.9 Å². The minimum Gasteiger partial charge on any atom is -0.486 e. The predicted octanol–water partition coefficient (Wildman–Crippen LogP) is 2.52. The van der Waals surface area contributed by atoms with E-state index < -0.39 is 0 Å². The molecule has 1 heterocycles. The second kappa shape index (κ2) is 7.35. The van der Waals surface area contributed by atoms with Crippen molar-refractivity contribution < 1.29 is 23.8 Å². The molecule has 0 radical (unpaired) electrons. The summed E-state index contributed by atoms with van der Waals surface area (Å²) in [5.74, 6) is 0.602. The summed E-state index contributed by atoms with van der Waals surface area (Å²) in [6.07, 6.45) is 5.02. The van der Waals surface area contributed by atoms with Crippen LogP contribution < -0.4 is 14.8 Å². The summed E-state index contributed by atoms with van der Waals surface area (Å²) < 4.78 is 16.0. The van der Waals surface area contributed by atoms with Crippen LogP contribution in [-0.4, -0.2) is 31.7 Å². The third-order valence-corrected chi connectivity index (χ3v) is 4.11. The Balaban J connectivity index is 1.48. The summed E-state index contributed by atoms with van der Waals surface area (Å²) in [5.41, 5.74) is 0.591. The Kier molecular flexibility index (Phi) is 5.00. The van der Waals surface area contributed by atoms with Crippen LogP contribution in [0.15, 0.2) is 18.2 Å². The molecule has 0 saturated heterocycles. The third-order valence-electron chi connectivity index (χ3n) is 4.11. The summed E-state index contributed by atoms with van der Waals surface area (Å²) in [5, 5.41) is 2.70. The molecule has 6 nitrogen and oxygen atoms in total. The van der Waals surface area contributed by atoms with E-state index >= 15 is 0 Å². The number of nitrogens with one attached hydrogen (secondary N) is 1. The minimum absolute atomic E-state index is 0.0501. The highest BCUT2D eigenvalue weighted by atomic mass is 16.6. The average Bonchev–Trinajstić information content (AvgIpc) is 2.60. The highest BCUT2D eigenvalue weighted by molar-refractivity contribution is 5.93. The van der Waals surface area contributed by atoms with E-state index in [9.17, 15) is 9.59 Å². The summed E-state index contributed by atoms with van der Waals surface area (Å²) in [6.45, 7) is 0.753. The molecule has 0 spiro atoms. The average molecular weight is 319 g/mol. The summed E-state index contributed by atoms with van der Waals surface area (Å²) >= 11 is 0. The Morgan fingerprint density at radius 3 is 2.61 bits per heavy atom. The van der Waals surface area contributed by atoms with Crippen molar-refractivity contribution in [2.24, 2.45) is 5.92 Å². The Labute approximate surface area is 135 Å². The zero-order valence-electron chi connectivity index (χ0n) is 13.0. The fourth-order valence-electron chi connectivity index (χ4n) is 2.91. The van der Waals surface area contributed by atoms with Crippen molar-refractivity contribution in [2.45, 2.75) is 32.1 Å². The zero-order chi connectivity index (χ0) is 16.1. The summed E-state index contributed by atoms with van der Waals surface area (Å²) in [7, 11) is 0. The second-order valence-electron chi connectivity index (χ2n) is 5.85. The number of fused-ring (bicyclic) bond motifs is 1. The monoisotopic (exact) mass is 319 g/mol. The molecule has 1 aromatic carbocycles. The lowest BCUT2D eigenvalue weighted by atomic mass is 9.89. The van der Waals surface area contributed by atoms with Crippen LogP contribution in [0.2, 0.25) is 0 Å². The van der Waals surface area contributed by atoms with Crippen molar-refractivity contribution in [3.63, 3.8) is 0 Å². The number of carbonyl (C=O) groups is 2. The molecule has 3 rings (SSSR count). The van der Waals surface area contributed by atoms with Gasteiger partial charge in [-0.25, -0.2) is 0 Å². The van der Waals surface area contributed by atoms with Crippen LogP contribution in [-0.2, 0) is 14.3 Å². The first-order valence-electron chi connectivity index (χ1n) is 8.08. The quantitative estimate of drug-likeness (QED) is 0.863. The van der Waals surface area contributed by atoms with Crippen LogP contribution >= 0.6 is 0 Å². The lowest BCUT2D eigenvalue weighted by Crippen LogP contribution is -2.26. The highest BCUT2D eigenvalue weighted by Crippen LogP contribution is 2.32. The molecule has 2 aliphatic rings. The number of anilines is 1. The highest BCUT2D eigenvalue weighted by Gasteiger charge is 2.23. The molecule has 124 valence electrons. The van der Waals surface area contributed by atoms with Crippen LogP contribution in [0.25, 0.3) is 0 Å². The van der Waals surface area contributed by atoms with Crippen molar-refractivity contribution in [3.05, 3.63) is 18.2 Å². The molecular weight excluding hydrogens is 298 g/mol. The van der Waals surface area contributed by atoms with E-state index in [0.29, 0.717) is 30.4 Å². The third kappa shape index (κ3) is 4.15. The first kappa shape index (κ1) is 15.6. The smallest absolute Gasteiger partial charge is 0.309 e. The largest absolute Gasteiger partial charge is 0.486 e. The number of hydrogen-bond acceptors (Lipinski definition) is 5. The van der Waals surface area contributed by atoms with E-state index in [-0.39, 0.29) is 24.4 Å². The molecule has 0 unspecified atom stereocenters. The fraction of sp³-hybridized carbons (Fsp3) is 0.529. The fourth-order valence-corrected chi connectivity index (χ4v) is 2.91. The lowest BCUT2D eigenvalue weighted by molar-refractivity contribution is -0.152. The van der Waals surface area contributed by atoms with Crippen LogP contribution in [0.5, 0.6) is 11.5 Å². The van der Waals surface area contributed by atoms with Crippen LogP contribution in [0.3, 0.4) is 0 Å². The normalized spacial score (nSPS) is 17.4. The van der Waals surface area contributed by atoms with Gasteiger partial charge in [0.1, 0.15) is 13.2 Å². The van der Waals surface area contributed by atoms with Gasteiger partial charge in [0.25, 0.3) is 5.91 Å². The van der Waals surface area contributed by atoms with E-state index in [1.165, 1.54) is 6.42 Å². The van der Waals surface area contributed by atoms with Gasteiger partial charge in [-0.1, -0.05) is 19.3 Å². The second-order valence-corrected chi connectivity index (χ2v) is 5.85. The molecule has 1 amide bonds. The molecule has 1 fully saturated rings. The van der Waals surface area contributed by atoms with Crippen molar-refractivity contribution >= 4 is 17.6 Å². The molecule has 1 N–H and O–H groups in total. The number of hydrogen-bond donors (Lipinski definition) is 1. The molecule has 0 atom stereocenters. The van der Waals surface area contributed by atoms with Crippen LogP contribution in [0.1, 0.15) is 32.1 Å². The molecule has 1 saturated carbocycles. The van der Waals surface area contributed by atoms with Crippen LogP contribution in [0.4, 0.5) is 5.69 Å². The van der Waals surface area contributed by atoms with Gasteiger partial charge in [0, 0.05) is 11.8 Å². The maximum Gasteiger partial charge on any atom is 0.309 e. The molecular formula is C17H21NO5. The van der Waals surface area contributed by atoms with Gasteiger partial charge >= 0.3 is 5.97 Å². The Morgan fingerprint density at radius 2 is 1.83 bits per heavy atom. The van der Waals surface area contributed by atoms with E-state index in [2.05, 4.69) is 5.32 Å². The number of rotatable bonds is 4. The minimum atomic E-state index is -0.356. The molecule has 1 aliphatic carbocycles. The zero-order valence-corrected chi connectivity index (χ0v) is 13.0. The first-order chi connectivity index (χ1) is 11.2. The van der Waals surface area contributed by atoms with Crippen molar-refractivity contribution in [1.82, 2.24) is 0 Å². The number of esters is 1.